The van der Waals surface area contributed by atoms with E-state index in [2.05, 4.69) is 20.3 Å². The fraction of sp³-hybridized carbons (Fsp3) is 0.375. The van der Waals surface area contributed by atoms with Crippen LogP contribution in [0, 0.1) is 0 Å². The number of carboxylic acids is 1. The van der Waals surface area contributed by atoms with E-state index in [1.165, 1.54) is 24.4 Å². The van der Waals surface area contributed by atoms with Gasteiger partial charge < -0.3 is 25.7 Å². The molecule has 1 atom stereocenters. The van der Waals surface area contributed by atoms with E-state index in [0.717, 1.165) is 16.3 Å². The molecule has 3 rings (SSSR count). The molecule has 3 heterocycles. The van der Waals surface area contributed by atoms with E-state index in [1.807, 2.05) is 0 Å². The van der Waals surface area contributed by atoms with Gasteiger partial charge in [-0.05, 0) is 0 Å². The van der Waals surface area contributed by atoms with Gasteiger partial charge in [-0.3, -0.25) is 14.4 Å². The number of aromatic nitrogens is 1. The summed E-state index contributed by atoms with van der Waals surface area (Å²) < 4.78 is 4.87. The van der Waals surface area contributed by atoms with Crippen molar-refractivity contribution in [2.75, 3.05) is 32.5 Å². The molecule has 0 aromatic carbocycles. The van der Waals surface area contributed by atoms with Gasteiger partial charge in [0.15, 0.2) is 10.8 Å². The Morgan fingerprint density at radius 2 is 2.20 bits per heavy atom. The van der Waals surface area contributed by atoms with Crippen molar-refractivity contribution in [3.05, 3.63) is 22.3 Å². The molecule has 0 aliphatic carbocycles. The van der Waals surface area contributed by atoms with Crippen LogP contribution in [0.2, 0.25) is 0 Å². The van der Waals surface area contributed by atoms with Crippen molar-refractivity contribution < 1.29 is 33.9 Å². The minimum Gasteiger partial charge on any atom is -0.477 e. The smallest absolute Gasteiger partial charge is 0.354 e. The highest BCUT2D eigenvalue weighted by atomic mass is 32.1. The van der Waals surface area contributed by atoms with Gasteiger partial charge in [0, 0.05) is 31.0 Å². The molecule has 14 heteroatoms. The highest BCUT2D eigenvalue weighted by molar-refractivity contribution is 7.13. The number of oxime groups is 1. The van der Waals surface area contributed by atoms with Crippen molar-refractivity contribution in [2.45, 2.75) is 13.0 Å². The van der Waals surface area contributed by atoms with Gasteiger partial charge in [0.2, 0.25) is 0 Å². The zero-order chi connectivity index (χ0) is 22.0. The van der Waals surface area contributed by atoms with Gasteiger partial charge in [0.05, 0.1) is 0 Å². The standard InChI is InChI=1S/C16H18N6O7S/c1-7(23)29-5-8-3-21-4-9(14(25)22(21)12(8)15(26)27)18-13(24)11(20-28-2)10-6-30-16(17)19-10/h6,9H,3-5H2,1-2H3,(H2,17,19)(H,18,24)(H,26,27)/b20-11+/t9-/m0/s1. The highest BCUT2D eigenvalue weighted by Gasteiger charge is 2.48. The van der Waals surface area contributed by atoms with Crippen molar-refractivity contribution in [1.29, 1.82) is 0 Å². The maximum Gasteiger partial charge on any atom is 0.354 e. The number of fused-ring (bicyclic) bond motifs is 1. The van der Waals surface area contributed by atoms with Gasteiger partial charge in [-0.15, -0.1) is 11.3 Å². The average Bonchev–Trinajstić information content (AvgIpc) is 3.33. The summed E-state index contributed by atoms with van der Waals surface area (Å²) in [6.07, 6.45) is 0. The molecular weight excluding hydrogens is 420 g/mol. The molecule has 0 radical (unpaired) electrons. The van der Waals surface area contributed by atoms with Crippen LogP contribution in [0.3, 0.4) is 0 Å². The lowest BCUT2D eigenvalue weighted by atomic mass is 10.2. The third kappa shape index (κ3) is 4.08. The first-order valence-corrected chi connectivity index (χ1v) is 9.41. The zero-order valence-corrected chi connectivity index (χ0v) is 16.8. The maximum atomic E-state index is 12.8. The molecule has 30 heavy (non-hydrogen) atoms. The Bertz CT molecular complexity index is 971. The topological polar surface area (TPSA) is 177 Å². The fourth-order valence-corrected chi connectivity index (χ4v) is 3.61. The summed E-state index contributed by atoms with van der Waals surface area (Å²) in [6.45, 7) is 1.03. The number of carbonyl (C=O) groups is 4. The Morgan fingerprint density at radius 1 is 1.47 bits per heavy atom. The van der Waals surface area contributed by atoms with Gasteiger partial charge >= 0.3 is 11.9 Å². The van der Waals surface area contributed by atoms with Crippen molar-refractivity contribution in [3.8, 4) is 0 Å². The number of anilines is 1. The Balaban J connectivity index is 1.77. The molecule has 13 nitrogen and oxygen atoms in total. The Hall–Kier alpha value is -3.52. The van der Waals surface area contributed by atoms with E-state index < -0.39 is 29.8 Å². The molecule has 2 aliphatic rings. The monoisotopic (exact) mass is 438 g/mol. The number of aliphatic carboxylic acids is 1. The van der Waals surface area contributed by atoms with Gasteiger partial charge in [0.1, 0.15) is 31.1 Å². The summed E-state index contributed by atoms with van der Waals surface area (Å²) >= 11 is 1.10. The summed E-state index contributed by atoms with van der Waals surface area (Å²) in [6, 6.07) is -1.03. The van der Waals surface area contributed by atoms with Crippen LogP contribution in [0.15, 0.2) is 21.8 Å². The van der Waals surface area contributed by atoms with Crippen molar-refractivity contribution in [2.24, 2.45) is 5.16 Å². The molecule has 0 unspecified atom stereocenters. The second kappa shape index (κ2) is 8.46. The van der Waals surface area contributed by atoms with Crippen LogP contribution in [0.4, 0.5) is 5.13 Å². The molecule has 4 N–H and O–H groups in total. The molecule has 1 aromatic rings. The SMILES string of the molecule is CO/N=C(/C(=O)N[C@H]1CN2CC(COC(C)=O)=C(C(=O)O)N2C1=O)c1csc(N)n1. The van der Waals surface area contributed by atoms with Crippen LogP contribution in [0.5, 0.6) is 0 Å². The summed E-state index contributed by atoms with van der Waals surface area (Å²) in [5.41, 5.74) is 5.56. The quantitative estimate of drug-likeness (QED) is 0.259. The number of esters is 1. The van der Waals surface area contributed by atoms with Crippen molar-refractivity contribution >= 4 is 45.9 Å². The summed E-state index contributed by atoms with van der Waals surface area (Å²) in [4.78, 5) is 56.8. The summed E-state index contributed by atoms with van der Waals surface area (Å²) in [7, 11) is 1.25. The fourth-order valence-electron chi connectivity index (χ4n) is 3.06. The zero-order valence-electron chi connectivity index (χ0n) is 15.9. The van der Waals surface area contributed by atoms with Crippen LogP contribution >= 0.6 is 11.3 Å². The minimum atomic E-state index is -1.35. The molecule has 2 amide bonds. The number of carbonyl (C=O) groups excluding carboxylic acids is 3. The number of hydrazine groups is 1. The lowest BCUT2D eigenvalue weighted by Crippen LogP contribution is -2.46. The number of ether oxygens (including phenoxy) is 1. The van der Waals surface area contributed by atoms with Crippen molar-refractivity contribution in [1.82, 2.24) is 20.3 Å². The van der Waals surface area contributed by atoms with Gasteiger partial charge in [0.25, 0.3) is 11.8 Å². The third-order valence-electron chi connectivity index (χ3n) is 4.22. The van der Waals surface area contributed by atoms with E-state index in [-0.39, 0.29) is 47.5 Å². The predicted molar refractivity (Wildman–Crippen MR) is 102 cm³/mol. The van der Waals surface area contributed by atoms with Crippen LogP contribution in [-0.4, -0.2) is 82.4 Å². The number of nitrogens with one attached hydrogen (secondary N) is 1. The number of amides is 2. The van der Waals surface area contributed by atoms with E-state index in [0.29, 0.717) is 0 Å². The normalized spacial score (nSPS) is 19.1. The first-order chi connectivity index (χ1) is 14.2. The van der Waals surface area contributed by atoms with E-state index in [4.69, 9.17) is 10.5 Å². The number of hydrogen-bond donors (Lipinski definition) is 3. The van der Waals surface area contributed by atoms with Crippen LogP contribution < -0.4 is 11.1 Å². The second-order valence-electron chi connectivity index (χ2n) is 6.25. The second-order valence-corrected chi connectivity index (χ2v) is 7.14. The van der Waals surface area contributed by atoms with Gasteiger partial charge in [-0.1, -0.05) is 5.16 Å². The minimum absolute atomic E-state index is 0.0182. The number of hydrogen-bond acceptors (Lipinski definition) is 11. The molecule has 160 valence electrons. The molecule has 1 aromatic heterocycles. The lowest BCUT2D eigenvalue weighted by Gasteiger charge is -2.19. The molecule has 0 spiro atoms. The van der Waals surface area contributed by atoms with Gasteiger partial charge in [-0.25, -0.2) is 19.8 Å². The van der Waals surface area contributed by atoms with Crippen LogP contribution in [0.25, 0.3) is 0 Å². The molecular formula is C16H18N6O7S. The Morgan fingerprint density at radius 3 is 2.77 bits per heavy atom. The molecule has 1 saturated heterocycles. The Kier molecular flexibility index (Phi) is 5.98. The largest absolute Gasteiger partial charge is 0.477 e. The number of rotatable bonds is 7. The number of nitrogen functional groups attached to an aromatic ring is 1. The maximum absolute atomic E-state index is 12.8. The Labute approximate surface area is 173 Å². The average molecular weight is 438 g/mol. The number of thiazole rings is 1. The molecule has 0 saturated carbocycles. The van der Waals surface area contributed by atoms with E-state index in [1.54, 1.807) is 0 Å². The molecule has 0 bridgehead atoms. The van der Waals surface area contributed by atoms with Gasteiger partial charge in [-0.2, -0.15) is 0 Å². The summed E-state index contributed by atoms with van der Waals surface area (Å²) in [5, 5.41) is 19.8. The molecule has 2 aliphatic heterocycles. The molecule has 1 fully saturated rings. The first-order valence-electron chi connectivity index (χ1n) is 8.53. The summed E-state index contributed by atoms with van der Waals surface area (Å²) in [5.74, 6) is -3.30. The number of nitrogens with zero attached hydrogens (tertiary/aromatic N) is 4. The third-order valence-corrected chi connectivity index (χ3v) is 4.90. The number of nitrogens with two attached hydrogens (primary N) is 1. The predicted octanol–water partition coefficient (Wildman–Crippen LogP) is -1.46. The van der Waals surface area contributed by atoms with E-state index in [9.17, 15) is 24.3 Å². The van der Waals surface area contributed by atoms with Crippen LogP contribution in [-0.2, 0) is 28.8 Å². The first kappa shape index (κ1) is 21.2. The van der Waals surface area contributed by atoms with Crippen molar-refractivity contribution in [3.63, 3.8) is 0 Å². The van der Waals surface area contributed by atoms with Crippen LogP contribution in [0.1, 0.15) is 12.6 Å². The van der Waals surface area contributed by atoms with E-state index >= 15 is 0 Å². The highest BCUT2D eigenvalue weighted by Crippen LogP contribution is 2.29. The number of carboxylic acid groups (broad SMARTS) is 1. The lowest BCUT2D eigenvalue weighted by molar-refractivity contribution is -0.143.